The Hall–Kier alpha value is -1.79. The minimum atomic E-state index is -1.42. The maximum absolute atomic E-state index is 11.7. The van der Waals surface area contributed by atoms with Gasteiger partial charge in [-0.25, -0.2) is 9.59 Å². The second-order valence-electron chi connectivity index (χ2n) is 5.40. The van der Waals surface area contributed by atoms with E-state index in [1.807, 2.05) is 13.8 Å². The third-order valence-corrected chi connectivity index (χ3v) is 3.29. The van der Waals surface area contributed by atoms with Gasteiger partial charge in [0.05, 0.1) is 0 Å². The van der Waals surface area contributed by atoms with Gasteiger partial charge in [-0.1, -0.05) is 20.3 Å². The maximum atomic E-state index is 11.7. The fourth-order valence-corrected chi connectivity index (χ4v) is 1.63. The molecule has 0 heterocycles. The Kier molecular flexibility index (Phi) is 7.76. The van der Waals surface area contributed by atoms with E-state index in [9.17, 15) is 19.5 Å². The van der Waals surface area contributed by atoms with Crippen molar-refractivity contribution in [3.05, 3.63) is 0 Å². The highest BCUT2D eigenvalue weighted by Gasteiger charge is 2.35. The summed E-state index contributed by atoms with van der Waals surface area (Å²) in [4.78, 5) is 33.8. The van der Waals surface area contributed by atoms with Crippen LogP contribution in [0, 0.1) is 5.92 Å². The molecule has 3 atom stereocenters. The van der Waals surface area contributed by atoms with Crippen LogP contribution < -0.4 is 5.32 Å². The fraction of sp³-hybridized carbons (Fsp3) is 0.786. The summed E-state index contributed by atoms with van der Waals surface area (Å²) < 4.78 is 9.43. The number of ether oxygens (including phenoxy) is 2. The van der Waals surface area contributed by atoms with Gasteiger partial charge < -0.3 is 19.9 Å². The molecule has 21 heavy (non-hydrogen) atoms. The molecule has 0 unspecified atom stereocenters. The lowest BCUT2D eigenvalue weighted by Crippen LogP contribution is -2.53. The molecule has 0 aliphatic carbocycles. The van der Waals surface area contributed by atoms with E-state index in [1.54, 1.807) is 0 Å². The van der Waals surface area contributed by atoms with Gasteiger partial charge in [-0.05, 0) is 25.7 Å². The third-order valence-electron chi connectivity index (χ3n) is 3.29. The second-order valence-corrected chi connectivity index (χ2v) is 5.40. The number of alkyl carbamates (subject to hydrolysis) is 1. The van der Waals surface area contributed by atoms with Gasteiger partial charge in [0.25, 0.3) is 0 Å². The Morgan fingerprint density at radius 2 is 1.81 bits per heavy atom. The molecule has 2 N–H and O–H groups in total. The molecule has 0 saturated heterocycles. The summed E-state index contributed by atoms with van der Waals surface area (Å²) in [5.41, 5.74) is -1.42. The van der Waals surface area contributed by atoms with E-state index in [-0.39, 0.29) is 6.42 Å². The first-order valence-electron chi connectivity index (χ1n) is 7.00. The van der Waals surface area contributed by atoms with Crippen molar-refractivity contribution >= 4 is 18.0 Å². The molecule has 7 nitrogen and oxygen atoms in total. The summed E-state index contributed by atoms with van der Waals surface area (Å²) in [6.45, 7) is 8.02. The Morgan fingerprint density at radius 3 is 2.24 bits per heavy atom. The van der Waals surface area contributed by atoms with E-state index in [2.05, 4.69) is 10.1 Å². The van der Waals surface area contributed by atoms with Gasteiger partial charge in [0.15, 0.2) is 0 Å². The van der Waals surface area contributed by atoms with E-state index in [1.165, 1.54) is 20.8 Å². The van der Waals surface area contributed by atoms with Crippen molar-refractivity contribution in [1.29, 1.82) is 0 Å². The molecular formula is C14H25NO6. The first kappa shape index (κ1) is 19.2. The molecule has 0 spiro atoms. The smallest absolute Gasteiger partial charge is 0.411 e. The van der Waals surface area contributed by atoms with Crippen molar-refractivity contribution in [2.45, 2.75) is 65.7 Å². The molecule has 7 heteroatoms. The van der Waals surface area contributed by atoms with Gasteiger partial charge in [-0.15, -0.1) is 0 Å². The number of aliphatic carboxylic acids is 1. The molecular weight excluding hydrogens is 278 g/mol. The number of carbonyl (C=O) groups excluding carboxylic acids is 2. The lowest BCUT2D eigenvalue weighted by Gasteiger charge is -2.27. The molecule has 0 fully saturated rings. The van der Waals surface area contributed by atoms with Crippen LogP contribution in [0.4, 0.5) is 4.79 Å². The van der Waals surface area contributed by atoms with Gasteiger partial charge >= 0.3 is 18.0 Å². The van der Waals surface area contributed by atoms with Gasteiger partial charge in [0.1, 0.15) is 5.54 Å². The second kappa shape index (κ2) is 8.49. The van der Waals surface area contributed by atoms with Crippen molar-refractivity contribution < 1.29 is 29.0 Å². The van der Waals surface area contributed by atoms with Crippen LogP contribution in [-0.4, -0.2) is 35.0 Å². The summed E-state index contributed by atoms with van der Waals surface area (Å²) in [7, 11) is 0. The lowest BCUT2D eigenvalue weighted by atomic mass is 9.90. The zero-order valence-electron chi connectivity index (χ0n) is 13.3. The Bertz CT molecular complexity index is 384. The number of amides is 1. The predicted molar refractivity (Wildman–Crippen MR) is 75.6 cm³/mol. The average molecular weight is 303 g/mol. The monoisotopic (exact) mass is 303 g/mol. The molecule has 0 aliphatic heterocycles. The molecule has 0 aromatic heterocycles. The number of hydrogen-bond donors (Lipinski definition) is 2. The number of carbonyl (C=O) groups is 3. The van der Waals surface area contributed by atoms with Crippen LogP contribution in [0.25, 0.3) is 0 Å². The van der Waals surface area contributed by atoms with Crippen molar-refractivity contribution in [2.75, 3.05) is 0 Å². The minimum Gasteiger partial charge on any atom is -0.480 e. The number of rotatable bonds is 8. The van der Waals surface area contributed by atoms with E-state index in [0.717, 1.165) is 6.42 Å². The van der Waals surface area contributed by atoms with Crippen LogP contribution in [0.5, 0.6) is 0 Å². The summed E-state index contributed by atoms with van der Waals surface area (Å²) in [6, 6.07) is 0. The highest BCUT2D eigenvalue weighted by atomic mass is 16.7. The van der Waals surface area contributed by atoms with Crippen LogP contribution >= 0.6 is 0 Å². The molecule has 0 aliphatic rings. The zero-order chi connectivity index (χ0) is 16.6. The molecule has 0 rings (SSSR count). The average Bonchev–Trinajstić information content (AvgIpc) is 2.34. The van der Waals surface area contributed by atoms with Crippen LogP contribution in [0.2, 0.25) is 0 Å². The molecule has 0 radical (unpaired) electrons. The van der Waals surface area contributed by atoms with Gasteiger partial charge in [0, 0.05) is 13.8 Å². The largest absolute Gasteiger partial charge is 0.480 e. The van der Waals surface area contributed by atoms with E-state index < -0.39 is 29.9 Å². The number of hydrogen-bond acceptors (Lipinski definition) is 5. The molecule has 0 aromatic rings. The van der Waals surface area contributed by atoms with Crippen molar-refractivity contribution in [3.63, 3.8) is 0 Å². The predicted octanol–water partition coefficient (Wildman–Crippen LogP) is 2.29. The summed E-state index contributed by atoms with van der Waals surface area (Å²) in [6.07, 6.45) is -0.121. The Morgan fingerprint density at radius 1 is 1.24 bits per heavy atom. The molecule has 0 aromatic carbocycles. The Balaban J connectivity index is 4.58. The number of carboxylic acid groups (broad SMARTS) is 1. The van der Waals surface area contributed by atoms with Gasteiger partial charge in [0.2, 0.25) is 6.29 Å². The third kappa shape index (κ3) is 7.53. The number of carboxylic acids is 1. The maximum Gasteiger partial charge on any atom is 0.411 e. The summed E-state index contributed by atoms with van der Waals surface area (Å²) >= 11 is 0. The molecule has 122 valence electrons. The fourth-order valence-electron chi connectivity index (χ4n) is 1.63. The van der Waals surface area contributed by atoms with Gasteiger partial charge in [-0.3, -0.25) is 4.79 Å². The summed E-state index contributed by atoms with van der Waals surface area (Å²) in [5, 5.41) is 11.6. The van der Waals surface area contributed by atoms with E-state index in [4.69, 9.17) is 4.74 Å². The van der Waals surface area contributed by atoms with Crippen molar-refractivity contribution in [3.8, 4) is 0 Å². The van der Waals surface area contributed by atoms with Crippen LogP contribution in [0.1, 0.15) is 53.9 Å². The highest BCUT2D eigenvalue weighted by Crippen LogP contribution is 2.19. The quantitative estimate of drug-likeness (QED) is 0.527. The minimum absolute atomic E-state index is 0.286. The first-order chi connectivity index (χ1) is 9.60. The number of esters is 1. The normalized spacial score (nSPS) is 16.2. The molecule has 1 amide bonds. The van der Waals surface area contributed by atoms with E-state index >= 15 is 0 Å². The van der Waals surface area contributed by atoms with Gasteiger partial charge in [-0.2, -0.15) is 0 Å². The highest BCUT2D eigenvalue weighted by molar-refractivity contribution is 5.83. The Labute approximate surface area is 125 Å². The van der Waals surface area contributed by atoms with Crippen LogP contribution in [-0.2, 0) is 19.1 Å². The van der Waals surface area contributed by atoms with Crippen LogP contribution in [0.3, 0.4) is 0 Å². The molecule has 0 bridgehead atoms. The zero-order valence-corrected chi connectivity index (χ0v) is 13.3. The lowest BCUT2D eigenvalue weighted by molar-refractivity contribution is -0.163. The van der Waals surface area contributed by atoms with Crippen LogP contribution in [0.15, 0.2) is 0 Å². The number of nitrogens with one attached hydrogen (secondary N) is 1. The standard InChI is InChI=1S/C14H25NO6/c1-6-9(2)7-8-14(5,12(17)18)15-13(19)21-11(4)20-10(3)16/h9,11H,6-8H2,1-5H3,(H,15,19)(H,17,18)/t9-,11+,14+/m1/s1. The van der Waals surface area contributed by atoms with Crippen molar-refractivity contribution in [2.24, 2.45) is 5.92 Å². The summed E-state index contributed by atoms with van der Waals surface area (Å²) in [5.74, 6) is -1.36. The molecule has 0 saturated carbocycles. The SMILES string of the molecule is CC[C@@H](C)CC[C@](C)(NC(=O)O[C@@H](C)OC(C)=O)C(=O)O. The topological polar surface area (TPSA) is 102 Å². The van der Waals surface area contributed by atoms with E-state index in [0.29, 0.717) is 12.3 Å². The first-order valence-corrected chi connectivity index (χ1v) is 7.00. The van der Waals surface area contributed by atoms with Crippen molar-refractivity contribution in [1.82, 2.24) is 5.32 Å².